The first-order valence-corrected chi connectivity index (χ1v) is 8.55. The van der Waals surface area contributed by atoms with Gasteiger partial charge in [-0.3, -0.25) is 0 Å². The minimum absolute atomic E-state index is 0.184. The van der Waals surface area contributed by atoms with Crippen molar-refractivity contribution in [3.8, 4) is 6.07 Å². The Balaban J connectivity index is 2.02. The number of anilines is 1. The van der Waals surface area contributed by atoms with Crippen LogP contribution in [0.1, 0.15) is 41.6 Å². The van der Waals surface area contributed by atoms with Crippen LogP contribution in [0.4, 0.5) is 5.69 Å². The number of benzene rings is 2. The molecule has 24 heavy (non-hydrogen) atoms. The minimum atomic E-state index is 0.184. The van der Waals surface area contributed by atoms with E-state index in [0.29, 0.717) is 11.5 Å². The van der Waals surface area contributed by atoms with Crippen LogP contribution in [0.25, 0.3) is 0 Å². The lowest BCUT2D eigenvalue weighted by Crippen LogP contribution is -2.32. The lowest BCUT2D eigenvalue weighted by atomic mass is 9.98. The van der Waals surface area contributed by atoms with Gasteiger partial charge in [0, 0.05) is 5.69 Å². The van der Waals surface area contributed by atoms with Crippen molar-refractivity contribution in [1.82, 2.24) is 5.32 Å². The number of nitrogens with zero attached hydrogens (tertiary/aromatic N) is 1. The summed E-state index contributed by atoms with van der Waals surface area (Å²) in [5, 5.41) is 15.9. The fourth-order valence-corrected chi connectivity index (χ4v) is 3.00. The number of nitrogens with one attached hydrogen (secondary N) is 2. The third-order valence-electron chi connectivity index (χ3n) is 4.01. The van der Waals surface area contributed by atoms with Crippen molar-refractivity contribution in [3.63, 3.8) is 0 Å². The number of aryl methyl sites for hydroxylation is 2. The molecule has 0 aliphatic rings. The second-order valence-corrected chi connectivity index (χ2v) is 6.36. The molecule has 1 atom stereocenters. The van der Waals surface area contributed by atoms with Crippen molar-refractivity contribution in [2.45, 2.75) is 39.7 Å². The van der Waals surface area contributed by atoms with Gasteiger partial charge in [0.25, 0.3) is 0 Å². The second-order valence-electron chi connectivity index (χ2n) is 5.95. The Bertz CT molecular complexity index is 744. The number of nitriles is 1. The van der Waals surface area contributed by atoms with E-state index in [0.717, 1.165) is 17.7 Å². The van der Waals surface area contributed by atoms with Crippen molar-refractivity contribution in [1.29, 1.82) is 5.26 Å². The SMILES string of the molecule is CC[C@H](NC(=S)Nc1ccc(CC#N)cc1)c1ccc(C)cc1C. The molecular weight excluding hydrogens is 314 g/mol. The normalized spacial score (nSPS) is 11.4. The smallest absolute Gasteiger partial charge is 0.171 e. The fourth-order valence-electron chi connectivity index (χ4n) is 2.74. The standard InChI is InChI=1S/C20H23N3S/c1-4-19(18-10-5-14(2)13-15(18)3)23-20(24)22-17-8-6-16(7-9-17)11-12-21/h5-10,13,19H,4,11H2,1-3H3,(H2,22,23,24)/t19-/m0/s1. The fraction of sp³-hybridized carbons (Fsp3) is 0.300. The van der Waals surface area contributed by atoms with Crippen LogP contribution in [0.15, 0.2) is 42.5 Å². The number of thiocarbonyl (C=S) groups is 1. The monoisotopic (exact) mass is 337 g/mol. The van der Waals surface area contributed by atoms with Crippen molar-refractivity contribution >= 4 is 23.0 Å². The van der Waals surface area contributed by atoms with Gasteiger partial charge in [-0.15, -0.1) is 0 Å². The first-order valence-electron chi connectivity index (χ1n) is 8.14. The molecular formula is C20H23N3S. The molecule has 4 heteroatoms. The number of rotatable bonds is 5. The number of hydrogen-bond donors (Lipinski definition) is 2. The van der Waals surface area contributed by atoms with Crippen LogP contribution in [0, 0.1) is 25.2 Å². The highest BCUT2D eigenvalue weighted by Crippen LogP contribution is 2.22. The second kappa shape index (κ2) is 8.47. The van der Waals surface area contributed by atoms with Crippen LogP contribution >= 0.6 is 12.2 Å². The molecule has 0 radical (unpaired) electrons. The summed E-state index contributed by atoms with van der Waals surface area (Å²) in [5.74, 6) is 0. The van der Waals surface area contributed by atoms with Crippen molar-refractivity contribution in [3.05, 3.63) is 64.7 Å². The summed E-state index contributed by atoms with van der Waals surface area (Å²) in [7, 11) is 0. The van der Waals surface area contributed by atoms with Crippen LogP contribution in [0.2, 0.25) is 0 Å². The molecule has 0 aliphatic heterocycles. The Hall–Kier alpha value is -2.38. The Kier molecular flexibility index (Phi) is 6.34. The van der Waals surface area contributed by atoms with Gasteiger partial charge in [-0.05, 0) is 61.3 Å². The van der Waals surface area contributed by atoms with Gasteiger partial charge in [-0.2, -0.15) is 5.26 Å². The van der Waals surface area contributed by atoms with E-state index < -0.39 is 0 Å². The first kappa shape index (κ1) is 18.0. The summed E-state index contributed by atoms with van der Waals surface area (Å²) >= 11 is 5.46. The van der Waals surface area contributed by atoms with Crippen LogP contribution in [-0.2, 0) is 6.42 Å². The Morgan fingerprint density at radius 3 is 2.46 bits per heavy atom. The van der Waals surface area contributed by atoms with Crippen molar-refractivity contribution < 1.29 is 0 Å². The molecule has 0 heterocycles. The maximum atomic E-state index is 8.71. The van der Waals surface area contributed by atoms with Gasteiger partial charge in [0.2, 0.25) is 0 Å². The lowest BCUT2D eigenvalue weighted by molar-refractivity contribution is 0.625. The Labute approximate surface area is 149 Å². The average molecular weight is 337 g/mol. The third-order valence-corrected chi connectivity index (χ3v) is 4.23. The summed E-state index contributed by atoms with van der Waals surface area (Å²) in [6, 6.07) is 16.6. The maximum absolute atomic E-state index is 8.71. The molecule has 124 valence electrons. The molecule has 0 bridgehead atoms. The minimum Gasteiger partial charge on any atom is -0.356 e. The first-order chi connectivity index (χ1) is 11.5. The summed E-state index contributed by atoms with van der Waals surface area (Å²) in [5.41, 5.74) is 5.74. The molecule has 0 saturated carbocycles. The van der Waals surface area contributed by atoms with Crippen LogP contribution in [-0.4, -0.2) is 5.11 Å². The van der Waals surface area contributed by atoms with Crippen LogP contribution in [0.3, 0.4) is 0 Å². The molecule has 0 unspecified atom stereocenters. The van der Waals surface area contributed by atoms with Gasteiger partial charge >= 0.3 is 0 Å². The third kappa shape index (κ3) is 4.81. The highest BCUT2D eigenvalue weighted by atomic mass is 32.1. The Morgan fingerprint density at radius 1 is 1.17 bits per heavy atom. The lowest BCUT2D eigenvalue weighted by Gasteiger charge is -2.22. The van der Waals surface area contributed by atoms with E-state index in [1.165, 1.54) is 16.7 Å². The van der Waals surface area contributed by atoms with E-state index in [9.17, 15) is 0 Å². The van der Waals surface area contributed by atoms with E-state index in [1.54, 1.807) is 0 Å². The molecule has 3 nitrogen and oxygen atoms in total. The zero-order valence-electron chi connectivity index (χ0n) is 14.4. The van der Waals surface area contributed by atoms with Gasteiger partial charge in [0.05, 0.1) is 18.5 Å². The highest BCUT2D eigenvalue weighted by molar-refractivity contribution is 7.80. The van der Waals surface area contributed by atoms with E-state index in [-0.39, 0.29) is 6.04 Å². The van der Waals surface area contributed by atoms with Gasteiger partial charge < -0.3 is 10.6 Å². The highest BCUT2D eigenvalue weighted by Gasteiger charge is 2.13. The van der Waals surface area contributed by atoms with Gasteiger partial charge in [0.1, 0.15) is 0 Å². The average Bonchev–Trinajstić information content (AvgIpc) is 2.55. The summed E-state index contributed by atoms with van der Waals surface area (Å²) in [4.78, 5) is 0. The molecule has 0 spiro atoms. The van der Waals surface area contributed by atoms with E-state index in [4.69, 9.17) is 17.5 Å². The maximum Gasteiger partial charge on any atom is 0.171 e. The molecule has 0 saturated heterocycles. The van der Waals surface area contributed by atoms with Crippen molar-refractivity contribution in [2.75, 3.05) is 5.32 Å². The largest absolute Gasteiger partial charge is 0.356 e. The van der Waals surface area contributed by atoms with E-state index in [1.807, 2.05) is 24.3 Å². The topological polar surface area (TPSA) is 47.8 Å². The molecule has 2 aromatic rings. The summed E-state index contributed by atoms with van der Waals surface area (Å²) in [6.07, 6.45) is 1.38. The zero-order valence-corrected chi connectivity index (χ0v) is 15.2. The van der Waals surface area contributed by atoms with Crippen LogP contribution < -0.4 is 10.6 Å². The summed E-state index contributed by atoms with van der Waals surface area (Å²) in [6.45, 7) is 6.39. The summed E-state index contributed by atoms with van der Waals surface area (Å²) < 4.78 is 0. The van der Waals surface area contributed by atoms with Gasteiger partial charge in [0.15, 0.2) is 5.11 Å². The van der Waals surface area contributed by atoms with E-state index >= 15 is 0 Å². The quantitative estimate of drug-likeness (QED) is 0.769. The van der Waals surface area contributed by atoms with E-state index in [2.05, 4.69) is 55.7 Å². The van der Waals surface area contributed by atoms with Crippen LogP contribution in [0.5, 0.6) is 0 Å². The molecule has 2 aromatic carbocycles. The molecule has 2 N–H and O–H groups in total. The predicted octanol–water partition coefficient (Wildman–Crippen LogP) is 4.81. The van der Waals surface area contributed by atoms with Gasteiger partial charge in [-0.25, -0.2) is 0 Å². The zero-order chi connectivity index (χ0) is 17.5. The molecule has 0 aliphatic carbocycles. The Morgan fingerprint density at radius 2 is 1.88 bits per heavy atom. The van der Waals surface area contributed by atoms with Gasteiger partial charge in [-0.1, -0.05) is 42.8 Å². The molecule has 0 fully saturated rings. The predicted molar refractivity (Wildman–Crippen MR) is 104 cm³/mol. The molecule has 0 amide bonds. The molecule has 0 aromatic heterocycles. The molecule has 2 rings (SSSR count). The van der Waals surface area contributed by atoms with Crippen molar-refractivity contribution in [2.24, 2.45) is 0 Å². The number of hydrogen-bond acceptors (Lipinski definition) is 2.